The average Bonchev–Trinajstić information content (AvgIpc) is 2.98. The number of halogens is 2. The number of carbonyl (C=O) groups is 1. The number of hydrogen-bond acceptors (Lipinski definition) is 2. The third-order valence-corrected chi connectivity index (χ3v) is 3.03. The number of carbonyl (C=O) groups excluding carboxylic acids is 1. The molecule has 1 amide bonds. The largest absolute Gasteiger partial charge is 0.347 e. The summed E-state index contributed by atoms with van der Waals surface area (Å²) in [7, 11) is 0. The third kappa shape index (κ3) is 3.43. The topological polar surface area (TPSA) is 55.1 Å². The highest BCUT2D eigenvalue weighted by molar-refractivity contribution is 5.85. The Hall–Kier alpha value is -1.13. The van der Waals surface area contributed by atoms with E-state index in [1.165, 1.54) is 12.1 Å². The quantitative estimate of drug-likeness (QED) is 0.882. The summed E-state index contributed by atoms with van der Waals surface area (Å²) in [6, 6.07) is 6.17. The van der Waals surface area contributed by atoms with E-state index in [9.17, 15) is 9.18 Å². The van der Waals surface area contributed by atoms with Gasteiger partial charge in [0.15, 0.2) is 0 Å². The van der Waals surface area contributed by atoms with E-state index in [-0.39, 0.29) is 35.7 Å². The molecule has 1 atom stereocenters. The van der Waals surface area contributed by atoms with Crippen LogP contribution in [0, 0.1) is 5.82 Å². The molecule has 1 saturated carbocycles. The summed E-state index contributed by atoms with van der Waals surface area (Å²) in [5.41, 5.74) is 6.27. The second-order valence-corrected chi connectivity index (χ2v) is 4.82. The summed E-state index contributed by atoms with van der Waals surface area (Å²) in [6.45, 7) is 1.80. The summed E-state index contributed by atoms with van der Waals surface area (Å²) in [5, 5.41) is 2.99. The minimum Gasteiger partial charge on any atom is -0.347 e. The van der Waals surface area contributed by atoms with Gasteiger partial charge < -0.3 is 11.1 Å². The van der Waals surface area contributed by atoms with Crippen LogP contribution in [-0.4, -0.2) is 11.9 Å². The molecule has 1 aromatic rings. The first-order chi connectivity index (χ1) is 8.02. The highest BCUT2D eigenvalue weighted by Gasteiger charge is 2.45. The molecule has 0 bridgehead atoms. The second kappa shape index (κ2) is 5.67. The van der Waals surface area contributed by atoms with Crippen molar-refractivity contribution < 1.29 is 9.18 Å². The number of nitrogens with two attached hydrogens (primary N) is 1. The Morgan fingerprint density at radius 1 is 1.44 bits per heavy atom. The van der Waals surface area contributed by atoms with Gasteiger partial charge in [0.2, 0.25) is 5.91 Å². The molecular formula is C13H18ClFN2O. The highest BCUT2D eigenvalue weighted by atomic mass is 35.5. The maximum Gasteiger partial charge on any atom is 0.222 e. The fourth-order valence-corrected chi connectivity index (χ4v) is 1.99. The van der Waals surface area contributed by atoms with Gasteiger partial charge in [0, 0.05) is 12.5 Å². The predicted molar refractivity (Wildman–Crippen MR) is 71.0 cm³/mol. The van der Waals surface area contributed by atoms with Crippen molar-refractivity contribution in [2.45, 2.75) is 37.8 Å². The van der Waals surface area contributed by atoms with E-state index >= 15 is 0 Å². The molecule has 3 N–H and O–H groups in total. The van der Waals surface area contributed by atoms with Gasteiger partial charge in [0.25, 0.3) is 0 Å². The van der Waals surface area contributed by atoms with Crippen LogP contribution in [0.3, 0.4) is 0 Å². The number of benzene rings is 1. The van der Waals surface area contributed by atoms with Crippen molar-refractivity contribution in [2.24, 2.45) is 5.73 Å². The van der Waals surface area contributed by atoms with Crippen LogP contribution in [0.1, 0.15) is 31.7 Å². The van der Waals surface area contributed by atoms with Crippen molar-refractivity contribution in [3.63, 3.8) is 0 Å². The van der Waals surface area contributed by atoms with Gasteiger partial charge in [-0.05, 0) is 37.5 Å². The fraction of sp³-hybridized carbons (Fsp3) is 0.462. The van der Waals surface area contributed by atoms with Crippen molar-refractivity contribution in [3.05, 3.63) is 35.6 Å². The van der Waals surface area contributed by atoms with E-state index in [2.05, 4.69) is 5.32 Å². The minimum atomic E-state index is -0.278. The summed E-state index contributed by atoms with van der Waals surface area (Å²) >= 11 is 0. The molecule has 18 heavy (non-hydrogen) atoms. The van der Waals surface area contributed by atoms with Gasteiger partial charge in [-0.1, -0.05) is 12.1 Å². The summed E-state index contributed by atoms with van der Waals surface area (Å²) in [4.78, 5) is 11.7. The zero-order valence-electron chi connectivity index (χ0n) is 10.3. The van der Waals surface area contributed by atoms with Crippen LogP contribution in [0.2, 0.25) is 0 Å². The first-order valence-corrected chi connectivity index (χ1v) is 5.84. The smallest absolute Gasteiger partial charge is 0.222 e. The molecule has 5 heteroatoms. The van der Waals surface area contributed by atoms with Crippen LogP contribution in [0.5, 0.6) is 0 Å². The molecule has 1 fully saturated rings. The van der Waals surface area contributed by atoms with Crippen LogP contribution >= 0.6 is 12.4 Å². The Bertz CT molecular complexity index is 416. The van der Waals surface area contributed by atoms with Gasteiger partial charge >= 0.3 is 0 Å². The Morgan fingerprint density at radius 2 is 2.00 bits per heavy atom. The molecule has 3 nitrogen and oxygen atoms in total. The van der Waals surface area contributed by atoms with Crippen molar-refractivity contribution in [2.75, 3.05) is 0 Å². The van der Waals surface area contributed by atoms with Gasteiger partial charge in [0.1, 0.15) is 5.82 Å². The first kappa shape index (κ1) is 14.9. The third-order valence-electron chi connectivity index (χ3n) is 3.03. The number of nitrogens with one attached hydrogen (secondary N) is 1. The molecule has 0 spiro atoms. The normalized spacial score (nSPS) is 17.5. The molecule has 1 unspecified atom stereocenters. The molecule has 0 saturated heterocycles. The first-order valence-electron chi connectivity index (χ1n) is 5.84. The lowest BCUT2D eigenvalue weighted by Gasteiger charge is -2.18. The predicted octanol–water partition coefficient (Wildman–Crippen LogP) is 2.09. The lowest BCUT2D eigenvalue weighted by atomic mass is 10.0. The van der Waals surface area contributed by atoms with E-state index < -0.39 is 0 Å². The SMILES string of the molecule is CC(N)CC(=O)NC1(c2ccc(F)cc2)CC1.Cl. The van der Waals surface area contributed by atoms with E-state index in [1.807, 2.05) is 0 Å². The van der Waals surface area contributed by atoms with Crippen LogP contribution in [-0.2, 0) is 10.3 Å². The monoisotopic (exact) mass is 272 g/mol. The standard InChI is InChI=1S/C13H17FN2O.ClH/c1-9(15)8-12(17)16-13(6-7-13)10-2-4-11(14)5-3-10;/h2-5,9H,6-8,15H2,1H3,(H,16,17);1H. The van der Waals surface area contributed by atoms with Crippen LogP contribution in [0.25, 0.3) is 0 Å². The number of hydrogen-bond donors (Lipinski definition) is 2. The lowest BCUT2D eigenvalue weighted by molar-refractivity contribution is -0.122. The van der Waals surface area contributed by atoms with Gasteiger partial charge in [-0.15, -0.1) is 12.4 Å². The van der Waals surface area contributed by atoms with E-state index in [0.717, 1.165) is 18.4 Å². The Balaban J connectivity index is 0.00000162. The molecule has 2 rings (SSSR count). The molecule has 1 aliphatic carbocycles. The molecule has 100 valence electrons. The van der Waals surface area contributed by atoms with E-state index in [1.54, 1.807) is 19.1 Å². The Morgan fingerprint density at radius 3 is 2.44 bits per heavy atom. The molecule has 1 aliphatic rings. The summed E-state index contributed by atoms with van der Waals surface area (Å²) < 4.78 is 12.8. The van der Waals surface area contributed by atoms with Crippen molar-refractivity contribution >= 4 is 18.3 Å². The van der Waals surface area contributed by atoms with Crippen molar-refractivity contribution in [1.82, 2.24) is 5.32 Å². The molecule has 0 heterocycles. The van der Waals surface area contributed by atoms with Crippen LogP contribution in [0.15, 0.2) is 24.3 Å². The van der Waals surface area contributed by atoms with Crippen molar-refractivity contribution in [1.29, 1.82) is 0 Å². The fourth-order valence-electron chi connectivity index (χ4n) is 1.99. The molecular weight excluding hydrogens is 255 g/mol. The molecule has 0 radical (unpaired) electrons. The molecule has 0 aromatic heterocycles. The highest BCUT2D eigenvalue weighted by Crippen LogP contribution is 2.45. The van der Waals surface area contributed by atoms with E-state index in [0.29, 0.717) is 6.42 Å². The number of amides is 1. The van der Waals surface area contributed by atoms with Crippen LogP contribution in [0.4, 0.5) is 4.39 Å². The van der Waals surface area contributed by atoms with E-state index in [4.69, 9.17) is 5.73 Å². The van der Waals surface area contributed by atoms with Gasteiger partial charge in [-0.3, -0.25) is 4.79 Å². The zero-order valence-corrected chi connectivity index (χ0v) is 11.1. The molecule has 0 aliphatic heterocycles. The van der Waals surface area contributed by atoms with Gasteiger partial charge in [0.05, 0.1) is 5.54 Å². The van der Waals surface area contributed by atoms with Crippen molar-refractivity contribution in [3.8, 4) is 0 Å². The number of rotatable bonds is 4. The second-order valence-electron chi connectivity index (χ2n) is 4.82. The zero-order chi connectivity index (χ0) is 12.5. The maximum atomic E-state index is 12.8. The average molecular weight is 273 g/mol. The van der Waals surface area contributed by atoms with Crippen LogP contribution < -0.4 is 11.1 Å². The Labute approximate surface area is 112 Å². The lowest BCUT2D eigenvalue weighted by Crippen LogP contribution is -2.37. The Kier molecular flexibility index (Phi) is 4.71. The molecule has 1 aromatic carbocycles. The summed E-state index contributed by atoms with van der Waals surface area (Å²) in [5.74, 6) is -0.298. The minimum absolute atomic E-state index is 0. The maximum absolute atomic E-state index is 12.8. The van der Waals surface area contributed by atoms with Gasteiger partial charge in [-0.2, -0.15) is 0 Å². The van der Waals surface area contributed by atoms with Gasteiger partial charge in [-0.25, -0.2) is 4.39 Å². The summed E-state index contributed by atoms with van der Waals surface area (Å²) in [6.07, 6.45) is 2.13.